The van der Waals surface area contributed by atoms with Crippen molar-refractivity contribution in [1.29, 1.82) is 0 Å². The minimum Gasteiger partial charge on any atom is -0.378 e. The van der Waals surface area contributed by atoms with Crippen molar-refractivity contribution in [1.82, 2.24) is 9.78 Å². The second-order valence-corrected chi connectivity index (χ2v) is 7.27. The van der Waals surface area contributed by atoms with Gasteiger partial charge in [-0.1, -0.05) is 35.9 Å². The Bertz CT molecular complexity index is 912. The number of rotatable bonds is 3. The van der Waals surface area contributed by atoms with E-state index in [9.17, 15) is 0 Å². The van der Waals surface area contributed by atoms with Crippen LogP contribution >= 0.6 is 11.6 Å². The fourth-order valence-corrected chi connectivity index (χ4v) is 3.67. The van der Waals surface area contributed by atoms with Crippen molar-refractivity contribution in [2.24, 2.45) is 0 Å². The van der Waals surface area contributed by atoms with Crippen LogP contribution in [-0.4, -0.2) is 30.4 Å². The quantitative estimate of drug-likeness (QED) is 0.707. The number of halogens is 1. The first kappa shape index (κ1) is 17.0. The summed E-state index contributed by atoms with van der Waals surface area (Å²) in [6.07, 6.45) is 3.35. The third-order valence-electron chi connectivity index (χ3n) is 4.87. The van der Waals surface area contributed by atoms with E-state index in [2.05, 4.69) is 48.6 Å². The molecule has 4 rings (SSSR count). The molecular weight excluding hydrogens is 344 g/mol. The van der Waals surface area contributed by atoms with E-state index in [-0.39, 0.29) is 0 Å². The van der Waals surface area contributed by atoms with E-state index in [0.717, 1.165) is 48.6 Å². The van der Waals surface area contributed by atoms with Crippen LogP contribution in [0.4, 0.5) is 11.5 Å². The van der Waals surface area contributed by atoms with Gasteiger partial charge in [-0.25, -0.2) is 4.68 Å². The molecule has 1 aliphatic rings. The van der Waals surface area contributed by atoms with Crippen LogP contribution in [0.15, 0.2) is 48.5 Å². The lowest BCUT2D eigenvalue weighted by molar-refractivity contribution is 0.780. The summed E-state index contributed by atoms with van der Waals surface area (Å²) in [4.78, 5) is 2.11. The Hall–Kier alpha value is -2.46. The number of nitrogens with one attached hydrogen (secondary N) is 1. The number of hydrogen-bond donors (Lipinski definition) is 1. The first-order valence-corrected chi connectivity index (χ1v) is 9.41. The van der Waals surface area contributed by atoms with Crippen molar-refractivity contribution < 1.29 is 0 Å². The van der Waals surface area contributed by atoms with Gasteiger partial charge in [0, 0.05) is 37.5 Å². The minimum absolute atomic E-state index is 0.707. The summed E-state index contributed by atoms with van der Waals surface area (Å²) < 4.78 is 1.97. The van der Waals surface area contributed by atoms with Crippen LogP contribution in [0.1, 0.15) is 18.4 Å². The Morgan fingerprint density at radius 1 is 1.04 bits per heavy atom. The Morgan fingerprint density at radius 3 is 2.54 bits per heavy atom. The third kappa shape index (κ3) is 3.06. The van der Waals surface area contributed by atoms with E-state index >= 15 is 0 Å². The van der Waals surface area contributed by atoms with Crippen LogP contribution in [0.3, 0.4) is 0 Å². The second-order valence-electron chi connectivity index (χ2n) is 6.86. The molecule has 1 aromatic heterocycles. The molecule has 134 valence electrons. The lowest BCUT2D eigenvalue weighted by Crippen LogP contribution is -2.08. The minimum atomic E-state index is 0.707. The summed E-state index contributed by atoms with van der Waals surface area (Å²) in [5, 5.41) is 9.25. The average molecular weight is 367 g/mol. The Labute approximate surface area is 159 Å². The summed E-state index contributed by atoms with van der Waals surface area (Å²) >= 11 is 6.46. The Balaban J connectivity index is 1.86. The molecule has 2 heterocycles. The maximum Gasteiger partial charge on any atom is 0.133 e. The molecule has 1 N–H and O–H groups in total. The van der Waals surface area contributed by atoms with E-state index < -0.39 is 0 Å². The zero-order chi connectivity index (χ0) is 18.1. The molecule has 1 aliphatic heterocycles. The van der Waals surface area contributed by atoms with E-state index in [1.807, 2.05) is 28.9 Å². The zero-order valence-corrected chi connectivity index (χ0v) is 15.9. The molecule has 0 radical (unpaired) electrons. The van der Waals surface area contributed by atoms with Crippen LogP contribution in [-0.2, 0) is 6.42 Å². The number of hydrogen-bond acceptors (Lipinski definition) is 3. The van der Waals surface area contributed by atoms with Crippen LogP contribution in [0.2, 0.25) is 5.02 Å². The van der Waals surface area contributed by atoms with E-state index in [4.69, 9.17) is 16.7 Å². The van der Waals surface area contributed by atoms with Gasteiger partial charge in [-0.3, -0.25) is 0 Å². The molecule has 0 spiro atoms. The smallest absolute Gasteiger partial charge is 0.133 e. The fourth-order valence-electron chi connectivity index (χ4n) is 3.45. The second kappa shape index (κ2) is 7.04. The van der Waals surface area contributed by atoms with Crippen LogP contribution < -0.4 is 10.2 Å². The molecule has 0 saturated heterocycles. The highest BCUT2D eigenvalue weighted by molar-refractivity contribution is 6.32. The maximum absolute atomic E-state index is 6.46. The van der Waals surface area contributed by atoms with Crippen molar-refractivity contribution in [3.8, 4) is 16.9 Å². The summed E-state index contributed by atoms with van der Waals surface area (Å²) in [6, 6.07) is 16.5. The molecule has 0 amide bonds. The van der Waals surface area contributed by atoms with Gasteiger partial charge in [0.15, 0.2) is 0 Å². The molecule has 0 unspecified atom stereocenters. The number of nitrogens with zero attached hydrogens (tertiary/aromatic N) is 3. The highest BCUT2D eigenvalue weighted by atomic mass is 35.5. The number of fused-ring (bicyclic) bond motifs is 1. The molecule has 4 nitrogen and oxygen atoms in total. The molecule has 3 aromatic rings. The fraction of sp³-hybridized carbons (Fsp3) is 0.286. The topological polar surface area (TPSA) is 33.1 Å². The largest absolute Gasteiger partial charge is 0.378 e. The Morgan fingerprint density at radius 2 is 1.81 bits per heavy atom. The highest BCUT2D eigenvalue weighted by Gasteiger charge is 2.22. The van der Waals surface area contributed by atoms with Crippen LogP contribution in [0, 0.1) is 0 Å². The van der Waals surface area contributed by atoms with Crippen LogP contribution in [0.25, 0.3) is 16.9 Å². The predicted octanol–water partition coefficient (Wildman–Crippen LogP) is 5.01. The average Bonchev–Trinajstić information content (AvgIpc) is 2.83. The number of aromatic nitrogens is 2. The normalized spacial score (nSPS) is 13.7. The van der Waals surface area contributed by atoms with Gasteiger partial charge in [0.25, 0.3) is 0 Å². The summed E-state index contributed by atoms with van der Waals surface area (Å²) in [5.74, 6) is 1.07. The third-order valence-corrected chi connectivity index (χ3v) is 5.19. The van der Waals surface area contributed by atoms with Gasteiger partial charge >= 0.3 is 0 Å². The SMILES string of the molecule is CN(C)c1ccc(-c2nn(-c3ccccc3Cl)c3c2CCCCN3)cc1. The van der Waals surface area contributed by atoms with Crippen LogP contribution in [0.5, 0.6) is 0 Å². The summed E-state index contributed by atoms with van der Waals surface area (Å²) in [7, 11) is 4.11. The highest BCUT2D eigenvalue weighted by Crippen LogP contribution is 2.35. The lowest BCUT2D eigenvalue weighted by atomic mass is 10.0. The molecule has 0 atom stereocenters. The lowest BCUT2D eigenvalue weighted by Gasteiger charge is -2.12. The van der Waals surface area contributed by atoms with Gasteiger partial charge < -0.3 is 10.2 Å². The van der Waals surface area contributed by atoms with Crippen molar-refractivity contribution in [2.45, 2.75) is 19.3 Å². The van der Waals surface area contributed by atoms with Gasteiger partial charge in [0.05, 0.1) is 16.4 Å². The first-order valence-electron chi connectivity index (χ1n) is 9.03. The molecule has 5 heteroatoms. The standard InChI is InChI=1S/C21H23ClN4/c1-25(2)16-12-10-15(11-13-16)20-17-7-5-6-14-23-21(17)26(24-20)19-9-4-3-8-18(19)22/h3-4,8-13,23H,5-7,14H2,1-2H3. The van der Waals surface area contributed by atoms with Crippen molar-refractivity contribution >= 4 is 23.1 Å². The molecule has 2 aromatic carbocycles. The molecule has 0 saturated carbocycles. The van der Waals surface area contributed by atoms with E-state index in [1.165, 1.54) is 11.3 Å². The maximum atomic E-state index is 6.46. The van der Waals surface area contributed by atoms with Gasteiger partial charge in [0.2, 0.25) is 0 Å². The van der Waals surface area contributed by atoms with Gasteiger partial charge in [-0.2, -0.15) is 5.10 Å². The summed E-state index contributed by atoms with van der Waals surface area (Å²) in [6.45, 7) is 0.960. The Kier molecular flexibility index (Phi) is 4.60. The number of benzene rings is 2. The van der Waals surface area contributed by atoms with Crippen molar-refractivity contribution in [2.75, 3.05) is 30.9 Å². The monoisotopic (exact) mass is 366 g/mol. The first-order chi connectivity index (χ1) is 12.6. The zero-order valence-electron chi connectivity index (χ0n) is 15.2. The molecule has 26 heavy (non-hydrogen) atoms. The summed E-state index contributed by atoms with van der Waals surface area (Å²) in [5.41, 5.74) is 5.56. The number of anilines is 2. The molecule has 0 bridgehead atoms. The van der Waals surface area contributed by atoms with Crippen molar-refractivity contribution in [3.05, 3.63) is 59.1 Å². The predicted molar refractivity (Wildman–Crippen MR) is 110 cm³/mol. The molecular formula is C21H23ClN4. The molecule has 0 fully saturated rings. The van der Waals surface area contributed by atoms with E-state index in [0.29, 0.717) is 5.02 Å². The van der Waals surface area contributed by atoms with Gasteiger partial charge in [-0.15, -0.1) is 0 Å². The van der Waals surface area contributed by atoms with Crippen molar-refractivity contribution in [3.63, 3.8) is 0 Å². The van der Waals surface area contributed by atoms with Gasteiger partial charge in [-0.05, 0) is 43.5 Å². The van der Waals surface area contributed by atoms with E-state index in [1.54, 1.807) is 0 Å². The number of para-hydroxylation sites is 1. The molecule has 0 aliphatic carbocycles. The van der Waals surface area contributed by atoms with Gasteiger partial charge in [0.1, 0.15) is 5.82 Å².